The highest BCUT2D eigenvalue weighted by Crippen LogP contribution is 2.19. The van der Waals surface area contributed by atoms with Crippen molar-refractivity contribution in [2.24, 2.45) is 11.7 Å². The molecule has 1 aromatic rings. The Morgan fingerprint density at radius 1 is 1.22 bits per heavy atom. The van der Waals surface area contributed by atoms with Gasteiger partial charge in [-0.15, -0.1) is 0 Å². The maximum absolute atomic E-state index is 5.72. The molecule has 3 heteroatoms. The monoisotopic (exact) mass is 250 g/mol. The summed E-state index contributed by atoms with van der Waals surface area (Å²) in [7, 11) is 0. The molecule has 0 saturated carbocycles. The van der Waals surface area contributed by atoms with E-state index in [0.717, 1.165) is 30.2 Å². The lowest BCUT2D eigenvalue weighted by Gasteiger charge is -2.12. The van der Waals surface area contributed by atoms with E-state index in [1.165, 1.54) is 6.42 Å². The van der Waals surface area contributed by atoms with Gasteiger partial charge >= 0.3 is 0 Å². The summed E-state index contributed by atoms with van der Waals surface area (Å²) in [5.74, 6) is 1.84. The second-order valence-electron chi connectivity index (χ2n) is 5.48. The van der Waals surface area contributed by atoms with Crippen LogP contribution in [0.4, 0.5) is 0 Å². The summed E-state index contributed by atoms with van der Waals surface area (Å²) < 4.78 is 5.72. The SMILES string of the molecule is CC(C)CCCOc1cc(CN)cc(C(C)C)n1. The van der Waals surface area contributed by atoms with Gasteiger partial charge < -0.3 is 10.5 Å². The zero-order chi connectivity index (χ0) is 13.5. The van der Waals surface area contributed by atoms with Gasteiger partial charge in [-0.2, -0.15) is 0 Å². The number of nitrogens with two attached hydrogens (primary N) is 1. The van der Waals surface area contributed by atoms with Crippen molar-refractivity contribution in [2.75, 3.05) is 6.61 Å². The van der Waals surface area contributed by atoms with Crippen molar-refractivity contribution in [1.82, 2.24) is 4.98 Å². The van der Waals surface area contributed by atoms with Crippen molar-refractivity contribution >= 4 is 0 Å². The molecule has 0 atom stereocenters. The highest BCUT2D eigenvalue weighted by molar-refractivity contribution is 5.26. The van der Waals surface area contributed by atoms with E-state index in [-0.39, 0.29) is 0 Å². The Hall–Kier alpha value is -1.09. The molecule has 0 unspecified atom stereocenters. The third-order valence-electron chi connectivity index (χ3n) is 2.88. The number of hydrogen-bond donors (Lipinski definition) is 1. The molecule has 1 aromatic heterocycles. The number of hydrogen-bond acceptors (Lipinski definition) is 3. The first kappa shape index (κ1) is 15.0. The van der Waals surface area contributed by atoms with Crippen molar-refractivity contribution in [3.8, 4) is 5.88 Å². The molecule has 0 amide bonds. The molecular weight excluding hydrogens is 224 g/mol. The minimum Gasteiger partial charge on any atom is -0.478 e. The lowest BCUT2D eigenvalue weighted by atomic mass is 10.1. The van der Waals surface area contributed by atoms with Crippen LogP contribution in [0.3, 0.4) is 0 Å². The Labute approximate surface area is 111 Å². The molecular formula is C15H26N2O. The molecule has 3 nitrogen and oxygen atoms in total. The highest BCUT2D eigenvalue weighted by atomic mass is 16.5. The standard InChI is InChI=1S/C15H26N2O/c1-11(2)6-5-7-18-15-9-13(10-16)8-14(17-15)12(3)4/h8-9,11-12H,5-7,10,16H2,1-4H3. The average molecular weight is 250 g/mol. The molecule has 0 saturated heterocycles. The maximum atomic E-state index is 5.72. The van der Waals surface area contributed by atoms with E-state index in [4.69, 9.17) is 10.5 Å². The molecule has 0 aliphatic carbocycles. The van der Waals surface area contributed by atoms with Crippen LogP contribution in [0.2, 0.25) is 0 Å². The molecule has 0 aromatic carbocycles. The lowest BCUT2D eigenvalue weighted by molar-refractivity contribution is 0.286. The van der Waals surface area contributed by atoms with Crippen LogP contribution >= 0.6 is 0 Å². The molecule has 1 rings (SSSR count). The maximum Gasteiger partial charge on any atom is 0.213 e. The van der Waals surface area contributed by atoms with E-state index < -0.39 is 0 Å². The topological polar surface area (TPSA) is 48.1 Å². The van der Waals surface area contributed by atoms with E-state index in [9.17, 15) is 0 Å². The van der Waals surface area contributed by atoms with Crippen LogP contribution in [0.1, 0.15) is 57.7 Å². The van der Waals surface area contributed by atoms with E-state index in [1.54, 1.807) is 0 Å². The molecule has 0 aliphatic rings. The number of aromatic nitrogens is 1. The number of pyridine rings is 1. The van der Waals surface area contributed by atoms with Gasteiger partial charge in [0, 0.05) is 18.3 Å². The van der Waals surface area contributed by atoms with E-state index in [1.807, 2.05) is 6.07 Å². The van der Waals surface area contributed by atoms with Gasteiger partial charge in [0.05, 0.1) is 6.61 Å². The van der Waals surface area contributed by atoms with Gasteiger partial charge in [0.15, 0.2) is 0 Å². The minimum absolute atomic E-state index is 0.398. The van der Waals surface area contributed by atoms with Gasteiger partial charge in [-0.1, -0.05) is 27.7 Å². The van der Waals surface area contributed by atoms with Crippen molar-refractivity contribution in [2.45, 2.75) is 53.0 Å². The fraction of sp³-hybridized carbons (Fsp3) is 0.667. The summed E-state index contributed by atoms with van der Waals surface area (Å²) in [6.07, 6.45) is 2.26. The van der Waals surface area contributed by atoms with Gasteiger partial charge in [0.25, 0.3) is 0 Å². The van der Waals surface area contributed by atoms with Crippen LogP contribution in [-0.2, 0) is 6.54 Å². The van der Waals surface area contributed by atoms with Gasteiger partial charge in [0.2, 0.25) is 5.88 Å². The summed E-state index contributed by atoms with van der Waals surface area (Å²) in [4.78, 5) is 4.52. The molecule has 1 heterocycles. The van der Waals surface area contributed by atoms with E-state index in [2.05, 4.69) is 38.7 Å². The van der Waals surface area contributed by atoms with Gasteiger partial charge in [-0.05, 0) is 36.3 Å². The van der Waals surface area contributed by atoms with Crippen LogP contribution in [-0.4, -0.2) is 11.6 Å². The van der Waals surface area contributed by atoms with Crippen LogP contribution < -0.4 is 10.5 Å². The summed E-state index contributed by atoms with van der Waals surface area (Å²) in [6, 6.07) is 4.01. The molecule has 0 bridgehead atoms. The molecule has 2 N–H and O–H groups in total. The van der Waals surface area contributed by atoms with Gasteiger partial charge in [-0.3, -0.25) is 0 Å². The minimum atomic E-state index is 0.398. The fourth-order valence-corrected chi connectivity index (χ4v) is 1.74. The van der Waals surface area contributed by atoms with Crippen LogP contribution in [0, 0.1) is 5.92 Å². The van der Waals surface area contributed by atoms with Crippen molar-refractivity contribution in [1.29, 1.82) is 0 Å². The highest BCUT2D eigenvalue weighted by Gasteiger charge is 2.06. The molecule has 0 spiro atoms. The number of nitrogens with zero attached hydrogens (tertiary/aromatic N) is 1. The first-order valence-electron chi connectivity index (χ1n) is 6.86. The smallest absolute Gasteiger partial charge is 0.213 e. The summed E-state index contributed by atoms with van der Waals surface area (Å²) in [5.41, 5.74) is 7.84. The molecule has 0 aliphatic heterocycles. The van der Waals surface area contributed by atoms with Crippen molar-refractivity contribution in [3.63, 3.8) is 0 Å². The zero-order valence-corrected chi connectivity index (χ0v) is 12.1. The Morgan fingerprint density at radius 2 is 1.94 bits per heavy atom. The number of ether oxygens (including phenoxy) is 1. The van der Waals surface area contributed by atoms with E-state index >= 15 is 0 Å². The number of rotatable bonds is 7. The zero-order valence-electron chi connectivity index (χ0n) is 12.1. The molecule has 0 radical (unpaired) electrons. The van der Waals surface area contributed by atoms with Crippen LogP contribution in [0.25, 0.3) is 0 Å². The Balaban J connectivity index is 2.61. The Morgan fingerprint density at radius 3 is 2.50 bits per heavy atom. The second kappa shape index (κ2) is 7.37. The van der Waals surface area contributed by atoms with E-state index in [0.29, 0.717) is 18.3 Å². The Bertz CT molecular complexity index is 362. The van der Waals surface area contributed by atoms with Gasteiger partial charge in [0.1, 0.15) is 0 Å². The fourth-order valence-electron chi connectivity index (χ4n) is 1.74. The third-order valence-corrected chi connectivity index (χ3v) is 2.88. The normalized spacial score (nSPS) is 11.3. The van der Waals surface area contributed by atoms with Crippen molar-refractivity contribution < 1.29 is 4.74 Å². The van der Waals surface area contributed by atoms with Crippen LogP contribution in [0.15, 0.2) is 12.1 Å². The van der Waals surface area contributed by atoms with Crippen molar-refractivity contribution in [3.05, 3.63) is 23.4 Å². The molecule has 0 fully saturated rings. The summed E-state index contributed by atoms with van der Waals surface area (Å²) in [5, 5.41) is 0. The molecule has 18 heavy (non-hydrogen) atoms. The predicted octanol–water partition coefficient (Wildman–Crippen LogP) is 3.48. The predicted molar refractivity (Wildman–Crippen MR) is 75.8 cm³/mol. The Kier molecular flexibility index (Phi) is 6.13. The lowest BCUT2D eigenvalue weighted by Crippen LogP contribution is -2.06. The summed E-state index contributed by atoms with van der Waals surface area (Å²) >= 11 is 0. The van der Waals surface area contributed by atoms with Gasteiger partial charge in [-0.25, -0.2) is 4.98 Å². The third kappa shape index (κ3) is 5.05. The first-order valence-corrected chi connectivity index (χ1v) is 6.86. The quantitative estimate of drug-likeness (QED) is 0.754. The second-order valence-corrected chi connectivity index (χ2v) is 5.48. The average Bonchev–Trinajstić information content (AvgIpc) is 2.34. The largest absolute Gasteiger partial charge is 0.478 e. The summed E-state index contributed by atoms with van der Waals surface area (Å²) in [6.45, 7) is 9.98. The van der Waals surface area contributed by atoms with Crippen LogP contribution in [0.5, 0.6) is 5.88 Å². The molecule has 102 valence electrons. The first-order chi connectivity index (χ1) is 8.52.